The van der Waals surface area contributed by atoms with Crippen molar-refractivity contribution in [3.8, 4) is 0 Å². The predicted octanol–water partition coefficient (Wildman–Crippen LogP) is 1.18. The van der Waals surface area contributed by atoms with Crippen molar-refractivity contribution in [2.45, 2.75) is 25.8 Å². The Hall–Kier alpha value is -1.63. The van der Waals surface area contributed by atoms with Crippen molar-refractivity contribution >= 4 is 28.3 Å². The van der Waals surface area contributed by atoms with E-state index in [0.717, 1.165) is 17.8 Å². The van der Waals surface area contributed by atoms with E-state index in [-0.39, 0.29) is 16.8 Å². The first-order valence-electron chi connectivity index (χ1n) is 5.68. The maximum absolute atomic E-state index is 11.3. The van der Waals surface area contributed by atoms with Crippen LogP contribution < -0.4 is 5.32 Å². The number of carbonyl (C=O) groups is 2. The van der Waals surface area contributed by atoms with Crippen LogP contribution in [0.15, 0.2) is 0 Å². The van der Waals surface area contributed by atoms with E-state index in [1.807, 2.05) is 0 Å². The van der Waals surface area contributed by atoms with Crippen LogP contribution in [0.3, 0.4) is 0 Å². The smallest absolute Gasteiger partial charge is 0.347 e. The van der Waals surface area contributed by atoms with Crippen LogP contribution in [0.25, 0.3) is 0 Å². The van der Waals surface area contributed by atoms with Gasteiger partial charge in [-0.1, -0.05) is 11.3 Å². The Morgan fingerprint density at radius 1 is 1.61 bits per heavy atom. The molecule has 2 N–H and O–H groups in total. The fourth-order valence-corrected chi connectivity index (χ4v) is 2.84. The average Bonchev–Trinajstić information content (AvgIpc) is 2.65. The van der Waals surface area contributed by atoms with Crippen LogP contribution in [0.2, 0.25) is 0 Å². The van der Waals surface area contributed by atoms with E-state index in [2.05, 4.69) is 10.3 Å². The Labute approximate surface area is 109 Å². The van der Waals surface area contributed by atoms with Crippen molar-refractivity contribution in [1.29, 1.82) is 0 Å². The average molecular weight is 269 g/mol. The van der Waals surface area contributed by atoms with Gasteiger partial charge in [0.2, 0.25) is 5.91 Å². The first kappa shape index (κ1) is 12.8. The van der Waals surface area contributed by atoms with E-state index in [9.17, 15) is 9.59 Å². The summed E-state index contributed by atoms with van der Waals surface area (Å²) in [6, 6.07) is 0.139. The molecule has 2 rings (SSSR count). The molecule has 1 fully saturated rings. The van der Waals surface area contributed by atoms with Crippen molar-refractivity contribution < 1.29 is 14.7 Å². The molecule has 1 saturated heterocycles. The number of aromatic nitrogens is 1. The van der Waals surface area contributed by atoms with Gasteiger partial charge in [-0.3, -0.25) is 4.79 Å². The Balaban J connectivity index is 2.04. The lowest BCUT2D eigenvalue weighted by Gasteiger charge is -2.29. The fourth-order valence-electron chi connectivity index (χ4n) is 1.96. The summed E-state index contributed by atoms with van der Waals surface area (Å²) in [6.45, 7) is 2.31. The number of piperidine rings is 1. The number of rotatable bonds is 3. The van der Waals surface area contributed by atoms with Gasteiger partial charge in [0, 0.05) is 26.1 Å². The highest BCUT2D eigenvalue weighted by molar-refractivity contribution is 7.17. The first-order chi connectivity index (χ1) is 8.47. The molecule has 1 aliphatic heterocycles. The van der Waals surface area contributed by atoms with E-state index in [4.69, 9.17) is 5.11 Å². The molecule has 1 unspecified atom stereocenters. The van der Waals surface area contributed by atoms with Crippen LogP contribution in [0.1, 0.15) is 28.2 Å². The molecule has 0 radical (unpaired) electrons. The van der Waals surface area contributed by atoms with Gasteiger partial charge in [-0.25, -0.2) is 9.78 Å². The lowest BCUT2D eigenvalue weighted by atomic mass is 10.1. The van der Waals surface area contributed by atoms with Gasteiger partial charge >= 0.3 is 5.97 Å². The SMILES string of the molecule is Cc1nc(NC2CCC(=O)N(C)C2)sc1C(=O)O. The number of likely N-dealkylation sites (tertiary alicyclic amines) is 1. The van der Waals surface area contributed by atoms with E-state index in [1.54, 1.807) is 18.9 Å². The number of nitrogens with zero attached hydrogens (tertiary/aromatic N) is 2. The molecule has 1 aromatic rings. The molecular weight excluding hydrogens is 254 g/mol. The number of anilines is 1. The van der Waals surface area contributed by atoms with E-state index < -0.39 is 5.97 Å². The van der Waals surface area contributed by atoms with Gasteiger partial charge < -0.3 is 15.3 Å². The molecule has 1 aliphatic rings. The zero-order chi connectivity index (χ0) is 13.3. The van der Waals surface area contributed by atoms with Crippen LogP contribution in [0.4, 0.5) is 5.13 Å². The van der Waals surface area contributed by atoms with Gasteiger partial charge in [0.25, 0.3) is 0 Å². The number of amides is 1. The molecule has 1 amide bonds. The van der Waals surface area contributed by atoms with Crippen molar-refractivity contribution in [1.82, 2.24) is 9.88 Å². The number of carbonyl (C=O) groups excluding carboxylic acids is 1. The number of carboxylic acid groups (broad SMARTS) is 1. The molecule has 0 saturated carbocycles. The highest BCUT2D eigenvalue weighted by Crippen LogP contribution is 2.24. The van der Waals surface area contributed by atoms with Gasteiger partial charge in [0.15, 0.2) is 5.13 Å². The molecule has 1 aromatic heterocycles. The van der Waals surface area contributed by atoms with Gasteiger partial charge in [0.05, 0.1) is 5.69 Å². The molecule has 7 heteroatoms. The molecule has 0 aliphatic carbocycles. The summed E-state index contributed by atoms with van der Waals surface area (Å²) in [5, 5.41) is 12.8. The van der Waals surface area contributed by atoms with Crippen LogP contribution in [-0.4, -0.2) is 46.5 Å². The Bertz CT molecular complexity index is 486. The highest BCUT2D eigenvalue weighted by atomic mass is 32.1. The third kappa shape index (κ3) is 2.61. The minimum Gasteiger partial charge on any atom is -0.477 e. The highest BCUT2D eigenvalue weighted by Gasteiger charge is 2.24. The lowest BCUT2D eigenvalue weighted by molar-refractivity contribution is -0.132. The summed E-state index contributed by atoms with van der Waals surface area (Å²) in [7, 11) is 1.77. The number of likely N-dealkylation sites (N-methyl/N-ethyl adjacent to an activating group) is 1. The topological polar surface area (TPSA) is 82.5 Å². The van der Waals surface area contributed by atoms with Gasteiger partial charge in [-0.15, -0.1) is 0 Å². The van der Waals surface area contributed by atoms with E-state index in [0.29, 0.717) is 23.8 Å². The third-order valence-corrected chi connectivity index (χ3v) is 4.02. The molecular formula is C11H15N3O3S. The van der Waals surface area contributed by atoms with Gasteiger partial charge in [0.1, 0.15) is 4.88 Å². The van der Waals surface area contributed by atoms with Crippen molar-refractivity contribution in [3.05, 3.63) is 10.6 Å². The Kier molecular flexibility index (Phi) is 3.51. The molecule has 98 valence electrons. The zero-order valence-corrected chi connectivity index (χ0v) is 11.1. The lowest BCUT2D eigenvalue weighted by Crippen LogP contribution is -2.43. The normalized spacial score (nSPS) is 20.0. The molecule has 0 aromatic carbocycles. The fraction of sp³-hybridized carbons (Fsp3) is 0.545. The second-order valence-electron chi connectivity index (χ2n) is 4.39. The van der Waals surface area contributed by atoms with Crippen molar-refractivity contribution in [2.75, 3.05) is 18.9 Å². The summed E-state index contributed by atoms with van der Waals surface area (Å²) in [5.41, 5.74) is 0.523. The molecule has 6 nitrogen and oxygen atoms in total. The Morgan fingerprint density at radius 2 is 2.33 bits per heavy atom. The molecule has 1 atom stereocenters. The molecule has 18 heavy (non-hydrogen) atoms. The maximum atomic E-state index is 11.3. The summed E-state index contributed by atoms with van der Waals surface area (Å²) in [6.07, 6.45) is 1.27. The summed E-state index contributed by atoms with van der Waals surface area (Å²) >= 11 is 1.14. The standard InChI is InChI=1S/C11H15N3O3S/c1-6-9(10(16)17)18-11(12-6)13-7-3-4-8(15)14(2)5-7/h7H,3-5H2,1-2H3,(H,12,13)(H,16,17). The first-order valence-corrected chi connectivity index (χ1v) is 6.50. The minimum atomic E-state index is -0.950. The Morgan fingerprint density at radius 3 is 2.89 bits per heavy atom. The molecule has 2 heterocycles. The van der Waals surface area contributed by atoms with Crippen LogP contribution in [-0.2, 0) is 4.79 Å². The number of thiazole rings is 1. The van der Waals surface area contributed by atoms with Gasteiger partial charge in [-0.2, -0.15) is 0 Å². The third-order valence-electron chi connectivity index (χ3n) is 2.95. The van der Waals surface area contributed by atoms with Crippen molar-refractivity contribution in [2.24, 2.45) is 0 Å². The van der Waals surface area contributed by atoms with Crippen molar-refractivity contribution in [3.63, 3.8) is 0 Å². The summed E-state index contributed by atoms with van der Waals surface area (Å²) in [4.78, 5) is 28.4. The minimum absolute atomic E-state index is 0.139. The number of aryl methyl sites for hydroxylation is 1. The monoisotopic (exact) mass is 269 g/mol. The number of aromatic carboxylic acids is 1. The zero-order valence-electron chi connectivity index (χ0n) is 10.3. The number of carboxylic acids is 1. The van der Waals surface area contributed by atoms with E-state index >= 15 is 0 Å². The largest absolute Gasteiger partial charge is 0.477 e. The molecule has 0 spiro atoms. The predicted molar refractivity (Wildman–Crippen MR) is 68.1 cm³/mol. The maximum Gasteiger partial charge on any atom is 0.347 e. The second-order valence-corrected chi connectivity index (χ2v) is 5.39. The quantitative estimate of drug-likeness (QED) is 0.861. The van der Waals surface area contributed by atoms with Crippen LogP contribution in [0.5, 0.6) is 0 Å². The number of hydrogen-bond donors (Lipinski definition) is 2. The van der Waals surface area contributed by atoms with E-state index in [1.165, 1.54) is 0 Å². The number of hydrogen-bond acceptors (Lipinski definition) is 5. The second kappa shape index (κ2) is 4.93. The molecule has 0 bridgehead atoms. The number of nitrogens with one attached hydrogen (secondary N) is 1. The summed E-state index contributed by atoms with van der Waals surface area (Å²) in [5.74, 6) is -0.802. The summed E-state index contributed by atoms with van der Waals surface area (Å²) < 4.78 is 0. The van der Waals surface area contributed by atoms with Crippen LogP contribution >= 0.6 is 11.3 Å². The van der Waals surface area contributed by atoms with Crippen LogP contribution in [0, 0.1) is 6.92 Å². The van der Waals surface area contributed by atoms with Gasteiger partial charge in [-0.05, 0) is 13.3 Å².